The highest BCUT2D eigenvalue weighted by molar-refractivity contribution is 7.92. The fraction of sp³-hybridized carbons (Fsp3) is 0.350. The van der Waals surface area contributed by atoms with Gasteiger partial charge < -0.3 is 4.90 Å². The number of anilines is 1. The van der Waals surface area contributed by atoms with E-state index in [9.17, 15) is 8.42 Å². The van der Waals surface area contributed by atoms with Crippen LogP contribution in [0.15, 0.2) is 47.4 Å². The van der Waals surface area contributed by atoms with Crippen molar-refractivity contribution in [2.24, 2.45) is 0 Å². The number of sulfonamides is 1. The number of piperidine rings is 1. The van der Waals surface area contributed by atoms with Gasteiger partial charge in [-0.05, 0) is 62.8 Å². The quantitative estimate of drug-likeness (QED) is 0.819. The van der Waals surface area contributed by atoms with Crippen molar-refractivity contribution in [1.82, 2.24) is 4.90 Å². The molecule has 6 heteroatoms. The lowest BCUT2D eigenvalue weighted by atomic mass is 9.89. The fourth-order valence-corrected chi connectivity index (χ4v) is 5.90. The first-order valence-corrected chi connectivity index (χ1v) is 10.2. The van der Waals surface area contributed by atoms with Crippen molar-refractivity contribution in [3.05, 3.63) is 59.2 Å². The van der Waals surface area contributed by atoms with Crippen LogP contribution >= 0.6 is 0 Å². The molecule has 2 heterocycles. The van der Waals surface area contributed by atoms with Crippen LogP contribution in [-0.2, 0) is 10.0 Å². The van der Waals surface area contributed by atoms with Gasteiger partial charge in [-0.2, -0.15) is 5.26 Å². The normalized spacial score (nSPS) is 22.6. The van der Waals surface area contributed by atoms with Crippen molar-refractivity contribution >= 4 is 15.7 Å². The average Bonchev–Trinajstić information content (AvgIpc) is 2.95. The highest BCUT2D eigenvalue weighted by Gasteiger charge is 2.46. The highest BCUT2D eigenvalue weighted by atomic mass is 32.2. The smallest absolute Gasteiger partial charge is 0.264 e. The zero-order valence-electron chi connectivity index (χ0n) is 14.9. The number of benzene rings is 2. The Bertz CT molecular complexity index is 993. The van der Waals surface area contributed by atoms with Crippen molar-refractivity contribution in [2.45, 2.75) is 30.2 Å². The molecular formula is C20H21N3O2S. The van der Waals surface area contributed by atoms with E-state index in [1.54, 1.807) is 16.4 Å². The van der Waals surface area contributed by atoms with Crippen LogP contribution in [0, 0.1) is 18.3 Å². The molecule has 1 fully saturated rings. The second-order valence-corrected chi connectivity index (χ2v) is 9.04. The number of aryl methyl sites for hydroxylation is 1. The number of nitrogens with zero attached hydrogens (tertiary/aromatic N) is 3. The third-order valence-electron chi connectivity index (χ3n) is 5.44. The first kappa shape index (κ1) is 17.1. The van der Waals surface area contributed by atoms with E-state index in [2.05, 4.69) is 18.0 Å². The Balaban J connectivity index is 1.83. The van der Waals surface area contributed by atoms with E-state index >= 15 is 0 Å². The van der Waals surface area contributed by atoms with Crippen molar-refractivity contribution in [3.63, 3.8) is 0 Å². The summed E-state index contributed by atoms with van der Waals surface area (Å²) >= 11 is 0. The van der Waals surface area contributed by atoms with Gasteiger partial charge >= 0.3 is 0 Å². The zero-order valence-corrected chi connectivity index (χ0v) is 15.7. The molecule has 5 nitrogen and oxygen atoms in total. The highest BCUT2D eigenvalue weighted by Crippen LogP contribution is 2.47. The van der Waals surface area contributed by atoms with E-state index in [1.807, 2.05) is 25.1 Å². The molecule has 0 N–H and O–H groups in total. The molecule has 0 unspecified atom stereocenters. The Morgan fingerprint density at radius 2 is 1.88 bits per heavy atom. The van der Waals surface area contributed by atoms with E-state index in [-0.39, 0.29) is 16.9 Å². The van der Waals surface area contributed by atoms with Gasteiger partial charge in [-0.3, -0.25) is 4.31 Å². The monoisotopic (exact) mass is 367 g/mol. The molecule has 2 atom stereocenters. The lowest BCUT2D eigenvalue weighted by Gasteiger charge is -2.36. The maximum absolute atomic E-state index is 13.4. The molecule has 0 aliphatic carbocycles. The molecule has 0 spiro atoms. The molecule has 0 aromatic heterocycles. The molecule has 0 bridgehead atoms. The molecular weight excluding hydrogens is 346 g/mol. The van der Waals surface area contributed by atoms with Gasteiger partial charge in [-0.1, -0.05) is 17.7 Å². The number of likely N-dealkylation sites (tertiary alicyclic amines) is 1. The lowest BCUT2D eigenvalue weighted by Crippen LogP contribution is -2.47. The number of hydrogen-bond acceptors (Lipinski definition) is 4. The van der Waals surface area contributed by atoms with Gasteiger partial charge in [0, 0.05) is 12.5 Å². The van der Waals surface area contributed by atoms with Crippen molar-refractivity contribution < 1.29 is 8.42 Å². The van der Waals surface area contributed by atoms with Crippen LogP contribution in [0.4, 0.5) is 5.69 Å². The first-order valence-electron chi connectivity index (χ1n) is 8.75. The Kier molecular flexibility index (Phi) is 4.02. The average molecular weight is 367 g/mol. The molecule has 26 heavy (non-hydrogen) atoms. The van der Waals surface area contributed by atoms with E-state index in [0.29, 0.717) is 5.56 Å². The molecule has 4 rings (SSSR count). The summed E-state index contributed by atoms with van der Waals surface area (Å²) in [6.07, 6.45) is 0.810. The topological polar surface area (TPSA) is 64.4 Å². The van der Waals surface area contributed by atoms with Crippen LogP contribution < -0.4 is 4.31 Å². The number of nitriles is 1. The van der Waals surface area contributed by atoms with Gasteiger partial charge in [0.25, 0.3) is 10.0 Å². The molecule has 2 aromatic carbocycles. The second kappa shape index (κ2) is 6.11. The molecule has 2 aliphatic heterocycles. The third-order valence-corrected chi connectivity index (χ3v) is 7.29. The fourth-order valence-electron chi connectivity index (χ4n) is 4.16. The Hall–Kier alpha value is -2.36. The summed E-state index contributed by atoms with van der Waals surface area (Å²) in [4.78, 5) is 2.51. The third kappa shape index (κ3) is 2.59. The van der Waals surface area contributed by atoms with Crippen molar-refractivity contribution in [1.29, 1.82) is 5.26 Å². The Morgan fingerprint density at radius 1 is 1.15 bits per heavy atom. The Morgan fingerprint density at radius 3 is 2.58 bits per heavy atom. The van der Waals surface area contributed by atoms with Crippen molar-refractivity contribution in [2.75, 3.05) is 24.4 Å². The SMILES string of the molecule is Cc1ccc2c(c1)[C@H]1CN(C)CC[C@@H]1N2S(=O)(=O)c1ccc(C#N)cc1. The minimum absolute atomic E-state index is 0.0522. The summed E-state index contributed by atoms with van der Waals surface area (Å²) in [5.41, 5.74) is 3.52. The first-order chi connectivity index (χ1) is 12.4. The van der Waals surface area contributed by atoms with Gasteiger partial charge in [0.05, 0.1) is 28.3 Å². The summed E-state index contributed by atoms with van der Waals surface area (Å²) in [6.45, 7) is 3.79. The van der Waals surface area contributed by atoms with E-state index in [1.165, 1.54) is 12.1 Å². The standard InChI is InChI=1S/C20H21N3O2S/c1-14-3-8-19-17(11-14)18-13-22(2)10-9-20(18)23(19)26(24,25)16-6-4-15(12-21)5-7-16/h3-8,11,18,20H,9-10,13H2,1-2H3/t18-,20+/m1/s1. The van der Waals surface area contributed by atoms with Crippen LogP contribution in [-0.4, -0.2) is 39.5 Å². The van der Waals surface area contributed by atoms with Gasteiger partial charge in [0.1, 0.15) is 0 Å². The largest absolute Gasteiger partial charge is 0.306 e. The maximum Gasteiger partial charge on any atom is 0.264 e. The zero-order chi connectivity index (χ0) is 18.5. The maximum atomic E-state index is 13.4. The van der Waals surface area contributed by atoms with Gasteiger partial charge in [-0.25, -0.2) is 8.42 Å². The van der Waals surface area contributed by atoms with Gasteiger partial charge in [0.15, 0.2) is 0 Å². The molecule has 0 saturated carbocycles. The van der Waals surface area contributed by atoms with Crippen molar-refractivity contribution in [3.8, 4) is 6.07 Å². The molecule has 0 radical (unpaired) electrons. The van der Waals surface area contributed by atoms with Crippen LogP contribution in [0.3, 0.4) is 0 Å². The van der Waals surface area contributed by atoms with E-state index in [0.717, 1.165) is 36.3 Å². The number of hydrogen-bond donors (Lipinski definition) is 0. The molecule has 0 amide bonds. The molecule has 2 aromatic rings. The van der Waals surface area contributed by atoms with E-state index in [4.69, 9.17) is 5.26 Å². The van der Waals surface area contributed by atoms with Crippen LogP contribution in [0.5, 0.6) is 0 Å². The molecule has 2 aliphatic rings. The number of fused-ring (bicyclic) bond motifs is 3. The second-order valence-electron chi connectivity index (χ2n) is 7.22. The predicted molar refractivity (Wildman–Crippen MR) is 101 cm³/mol. The number of likely N-dealkylation sites (N-methyl/N-ethyl adjacent to an activating group) is 1. The van der Waals surface area contributed by atoms with E-state index < -0.39 is 10.0 Å². The minimum Gasteiger partial charge on any atom is -0.306 e. The van der Waals surface area contributed by atoms with Crippen LogP contribution in [0.2, 0.25) is 0 Å². The summed E-state index contributed by atoms with van der Waals surface area (Å²) in [5.74, 6) is 0.191. The molecule has 134 valence electrons. The summed E-state index contributed by atoms with van der Waals surface area (Å²) in [5, 5.41) is 8.96. The Labute approximate surface area is 154 Å². The van der Waals surface area contributed by atoms with Gasteiger partial charge in [-0.15, -0.1) is 0 Å². The minimum atomic E-state index is -3.67. The summed E-state index contributed by atoms with van der Waals surface area (Å²) in [7, 11) is -1.59. The molecule has 1 saturated heterocycles. The van der Waals surface area contributed by atoms with Crippen LogP contribution in [0.25, 0.3) is 0 Å². The van der Waals surface area contributed by atoms with Crippen LogP contribution in [0.1, 0.15) is 29.0 Å². The summed E-state index contributed by atoms with van der Waals surface area (Å²) < 4.78 is 28.5. The predicted octanol–water partition coefficient (Wildman–Crippen LogP) is 2.86. The lowest BCUT2D eigenvalue weighted by molar-refractivity contribution is 0.237. The number of rotatable bonds is 2. The summed E-state index contributed by atoms with van der Waals surface area (Å²) in [6, 6.07) is 14.2. The van der Waals surface area contributed by atoms with Gasteiger partial charge in [0.2, 0.25) is 0 Å².